The van der Waals surface area contributed by atoms with Gasteiger partial charge in [-0.2, -0.15) is 0 Å². The minimum atomic E-state index is -0.0655. The molecule has 0 radical (unpaired) electrons. The highest BCUT2D eigenvalue weighted by Crippen LogP contribution is 2.04. The molecule has 1 amide bonds. The Morgan fingerprint density at radius 1 is 1.29 bits per heavy atom. The van der Waals surface area contributed by atoms with Crippen LogP contribution in [0.4, 0.5) is 0 Å². The number of hydrogen-bond donors (Lipinski definition) is 3. The summed E-state index contributed by atoms with van der Waals surface area (Å²) in [6, 6.07) is 7.33. The molecule has 4 nitrogen and oxygen atoms in total. The van der Waals surface area contributed by atoms with Gasteiger partial charge in [0.2, 0.25) is 0 Å². The summed E-state index contributed by atoms with van der Waals surface area (Å²) in [5, 5.41) is 11.5. The summed E-state index contributed by atoms with van der Waals surface area (Å²) in [6.45, 7) is 1.30. The fourth-order valence-corrected chi connectivity index (χ4v) is 1.56. The summed E-state index contributed by atoms with van der Waals surface area (Å²) in [7, 11) is 0. The number of benzene rings is 1. The van der Waals surface area contributed by atoms with Gasteiger partial charge in [-0.25, -0.2) is 0 Å². The van der Waals surface area contributed by atoms with E-state index in [0.717, 1.165) is 24.8 Å². The van der Waals surface area contributed by atoms with E-state index in [9.17, 15) is 4.79 Å². The largest absolute Gasteiger partial charge is 0.396 e. The number of aliphatic hydroxyl groups is 1. The van der Waals surface area contributed by atoms with E-state index in [2.05, 4.69) is 5.32 Å². The highest BCUT2D eigenvalue weighted by atomic mass is 16.2. The first-order chi connectivity index (χ1) is 8.27. The molecule has 0 spiro atoms. The standard InChI is InChI=1S/C13H20N2O2/c14-10-11-5-4-6-12(9-11)13(17)15-7-2-1-3-8-16/h4-6,9,16H,1-3,7-8,10,14H2,(H,15,17). The van der Waals surface area contributed by atoms with Gasteiger partial charge >= 0.3 is 0 Å². The van der Waals surface area contributed by atoms with Crippen LogP contribution in [-0.2, 0) is 6.54 Å². The molecule has 0 aliphatic rings. The fourth-order valence-electron chi connectivity index (χ4n) is 1.56. The molecule has 0 saturated heterocycles. The lowest BCUT2D eigenvalue weighted by Crippen LogP contribution is -2.24. The maximum Gasteiger partial charge on any atom is 0.251 e. The first kappa shape index (κ1) is 13.7. The topological polar surface area (TPSA) is 75.4 Å². The minimum absolute atomic E-state index is 0.0655. The van der Waals surface area contributed by atoms with Crippen LogP contribution in [0, 0.1) is 0 Å². The predicted molar refractivity (Wildman–Crippen MR) is 67.6 cm³/mol. The first-order valence-electron chi connectivity index (χ1n) is 5.96. The third-order valence-corrected chi connectivity index (χ3v) is 2.55. The van der Waals surface area contributed by atoms with E-state index < -0.39 is 0 Å². The van der Waals surface area contributed by atoms with E-state index >= 15 is 0 Å². The number of rotatable bonds is 7. The maximum atomic E-state index is 11.7. The molecule has 0 atom stereocenters. The number of nitrogens with two attached hydrogens (primary N) is 1. The lowest BCUT2D eigenvalue weighted by atomic mass is 10.1. The van der Waals surface area contributed by atoms with Crippen LogP contribution in [0.3, 0.4) is 0 Å². The molecule has 1 aromatic rings. The van der Waals surface area contributed by atoms with Crippen molar-refractivity contribution in [2.45, 2.75) is 25.8 Å². The van der Waals surface area contributed by atoms with Crippen LogP contribution >= 0.6 is 0 Å². The Morgan fingerprint density at radius 3 is 2.82 bits per heavy atom. The molecule has 0 fully saturated rings. The zero-order valence-electron chi connectivity index (χ0n) is 9.98. The summed E-state index contributed by atoms with van der Waals surface area (Å²) >= 11 is 0. The number of aliphatic hydroxyl groups excluding tert-OH is 1. The van der Waals surface area contributed by atoms with Crippen molar-refractivity contribution in [2.75, 3.05) is 13.2 Å². The van der Waals surface area contributed by atoms with E-state index in [4.69, 9.17) is 10.8 Å². The van der Waals surface area contributed by atoms with Crippen molar-refractivity contribution < 1.29 is 9.90 Å². The monoisotopic (exact) mass is 236 g/mol. The van der Waals surface area contributed by atoms with Crippen LogP contribution in [-0.4, -0.2) is 24.2 Å². The minimum Gasteiger partial charge on any atom is -0.396 e. The third-order valence-electron chi connectivity index (χ3n) is 2.55. The van der Waals surface area contributed by atoms with Gasteiger partial charge in [-0.1, -0.05) is 12.1 Å². The molecule has 4 heteroatoms. The van der Waals surface area contributed by atoms with E-state index in [0.29, 0.717) is 18.7 Å². The van der Waals surface area contributed by atoms with Crippen LogP contribution in [0.5, 0.6) is 0 Å². The van der Waals surface area contributed by atoms with Gasteiger partial charge < -0.3 is 16.2 Å². The van der Waals surface area contributed by atoms with Gasteiger partial charge in [-0.15, -0.1) is 0 Å². The van der Waals surface area contributed by atoms with E-state index in [-0.39, 0.29) is 12.5 Å². The Hall–Kier alpha value is -1.39. The molecule has 0 unspecified atom stereocenters. The summed E-state index contributed by atoms with van der Waals surface area (Å²) in [4.78, 5) is 11.7. The zero-order valence-corrected chi connectivity index (χ0v) is 9.98. The first-order valence-corrected chi connectivity index (χ1v) is 5.96. The number of hydrogen-bond acceptors (Lipinski definition) is 3. The molecule has 0 aromatic heterocycles. The van der Waals surface area contributed by atoms with Gasteiger partial charge in [-0.3, -0.25) is 4.79 Å². The Bertz CT molecular complexity index is 353. The van der Waals surface area contributed by atoms with Crippen LogP contribution in [0.2, 0.25) is 0 Å². The summed E-state index contributed by atoms with van der Waals surface area (Å²) in [5.41, 5.74) is 7.12. The van der Waals surface area contributed by atoms with Crippen molar-refractivity contribution in [1.29, 1.82) is 0 Å². The van der Waals surface area contributed by atoms with Gasteiger partial charge in [0.15, 0.2) is 0 Å². The Labute approximate surface area is 102 Å². The van der Waals surface area contributed by atoms with Crippen molar-refractivity contribution in [3.05, 3.63) is 35.4 Å². The fraction of sp³-hybridized carbons (Fsp3) is 0.462. The molecule has 0 heterocycles. The van der Waals surface area contributed by atoms with Crippen molar-refractivity contribution in [1.82, 2.24) is 5.32 Å². The normalized spacial score (nSPS) is 10.2. The zero-order chi connectivity index (χ0) is 12.5. The second kappa shape index (κ2) is 7.81. The van der Waals surface area contributed by atoms with Crippen molar-refractivity contribution in [3.63, 3.8) is 0 Å². The Kier molecular flexibility index (Phi) is 6.29. The summed E-state index contributed by atoms with van der Waals surface area (Å²) < 4.78 is 0. The van der Waals surface area contributed by atoms with E-state index in [1.54, 1.807) is 6.07 Å². The van der Waals surface area contributed by atoms with Crippen LogP contribution in [0.1, 0.15) is 35.2 Å². The molecular formula is C13H20N2O2. The molecule has 4 N–H and O–H groups in total. The number of carbonyl (C=O) groups excluding carboxylic acids is 1. The number of carbonyl (C=O) groups is 1. The summed E-state index contributed by atoms with van der Waals surface area (Å²) in [6.07, 6.45) is 2.61. The Morgan fingerprint density at radius 2 is 2.12 bits per heavy atom. The van der Waals surface area contributed by atoms with Gasteiger partial charge in [0.25, 0.3) is 5.91 Å². The molecule has 94 valence electrons. The van der Waals surface area contributed by atoms with Crippen molar-refractivity contribution in [3.8, 4) is 0 Å². The van der Waals surface area contributed by atoms with E-state index in [1.165, 1.54) is 0 Å². The van der Waals surface area contributed by atoms with Gasteiger partial charge in [-0.05, 0) is 37.0 Å². The molecule has 17 heavy (non-hydrogen) atoms. The van der Waals surface area contributed by atoms with Gasteiger partial charge in [0.1, 0.15) is 0 Å². The number of unbranched alkanes of at least 4 members (excludes halogenated alkanes) is 2. The lowest BCUT2D eigenvalue weighted by Gasteiger charge is -2.06. The predicted octanol–water partition coefficient (Wildman–Crippen LogP) is 1.04. The van der Waals surface area contributed by atoms with Crippen molar-refractivity contribution in [2.24, 2.45) is 5.73 Å². The average molecular weight is 236 g/mol. The smallest absolute Gasteiger partial charge is 0.251 e. The molecule has 1 rings (SSSR count). The highest BCUT2D eigenvalue weighted by molar-refractivity contribution is 5.94. The average Bonchev–Trinajstić information content (AvgIpc) is 2.38. The van der Waals surface area contributed by atoms with Crippen LogP contribution in [0.15, 0.2) is 24.3 Å². The highest BCUT2D eigenvalue weighted by Gasteiger charge is 2.04. The molecule has 0 aliphatic carbocycles. The molecular weight excluding hydrogens is 216 g/mol. The van der Waals surface area contributed by atoms with Crippen LogP contribution < -0.4 is 11.1 Å². The maximum absolute atomic E-state index is 11.7. The quantitative estimate of drug-likeness (QED) is 0.619. The molecule has 0 bridgehead atoms. The van der Waals surface area contributed by atoms with Gasteiger partial charge in [0.05, 0.1) is 0 Å². The molecule has 0 saturated carbocycles. The van der Waals surface area contributed by atoms with Crippen LogP contribution in [0.25, 0.3) is 0 Å². The Balaban J connectivity index is 2.36. The van der Waals surface area contributed by atoms with Crippen molar-refractivity contribution >= 4 is 5.91 Å². The SMILES string of the molecule is NCc1cccc(C(=O)NCCCCCO)c1. The second-order valence-electron chi connectivity index (χ2n) is 3.94. The summed E-state index contributed by atoms with van der Waals surface area (Å²) in [5.74, 6) is -0.0655. The number of nitrogens with one attached hydrogen (secondary N) is 1. The lowest BCUT2D eigenvalue weighted by molar-refractivity contribution is 0.0952. The third kappa shape index (κ3) is 4.97. The molecule has 1 aromatic carbocycles. The molecule has 0 aliphatic heterocycles. The number of amides is 1. The second-order valence-corrected chi connectivity index (χ2v) is 3.94. The van der Waals surface area contributed by atoms with Gasteiger partial charge in [0, 0.05) is 25.3 Å². The van der Waals surface area contributed by atoms with E-state index in [1.807, 2.05) is 18.2 Å².